The summed E-state index contributed by atoms with van der Waals surface area (Å²) < 4.78 is 13.3. The Hall–Kier alpha value is -2.44. The third kappa shape index (κ3) is 3.10. The second kappa shape index (κ2) is 6.13. The lowest BCUT2D eigenvalue weighted by Crippen LogP contribution is -2.43. The Morgan fingerprint density at radius 2 is 2.28 bits per heavy atom. The van der Waals surface area contributed by atoms with Gasteiger partial charge in [-0.25, -0.2) is 14.4 Å². The Balaban J connectivity index is 1.49. The van der Waals surface area contributed by atoms with Crippen molar-refractivity contribution in [1.29, 1.82) is 0 Å². The van der Waals surface area contributed by atoms with Crippen molar-refractivity contribution in [2.24, 2.45) is 0 Å². The van der Waals surface area contributed by atoms with Crippen LogP contribution in [0.1, 0.15) is 43.4 Å². The Morgan fingerprint density at radius 1 is 1.48 bits per heavy atom. The number of H-pyrrole nitrogens is 1. The number of amides is 1. The number of hydrogen-bond acceptors (Lipinski definition) is 4. The topological polar surface area (TPSA) is 73.9 Å². The SMILES string of the molecule is C=C(NC(C)C(=O)N1CC[C@H](F)C1)c1c[nH]c2ncc(C3CC3)nc12. The van der Waals surface area contributed by atoms with Crippen molar-refractivity contribution in [2.45, 2.75) is 44.3 Å². The van der Waals surface area contributed by atoms with Gasteiger partial charge in [-0.15, -0.1) is 0 Å². The van der Waals surface area contributed by atoms with E-state index in [0.29, 0.717) is 30.2 Å². The lowest BCUT2D eigenvalue weighted by atomic mass is 10.2. The van der Waals surface area contributed by atoms with E-state index in [9.17, 15) is 9.18 Å². The monoisotopic (exact) mass is 343 g/mol. The van der Waals surface area contributed by atoms with Gasteiger partial charge in [-0.05, 0) is 26.2 Å². The van der Waals surface area contributed by atoms with Crippen LogP contribution in [0.4, 0.5) is 4.39 Å². The molecule has 1 amide bonds. The number of fused-ring (bicyclic) bond motifs is 1. The van der Waals surface area contributed by atoms with Gasteiger partial charge in [0, 0.05) is 29.9 Å². The van der Waals surface area contributed by atoms with E-state index in [1.54, 1.807) is 18.0 Å². The lowest BCUT2D eigenvalue weighted by molar-refractivity contribution is -0.131. The van der Waals surface area contributed by atoms with Crippen molar-refractivity contribution in [3.63, 3.8) is 0 Å². The van der Waals surface area contributed by atoms with Gasteiger partial charge in [-0.3, -0.25) is 4.79 Å². The van der Waals surface area contributed by atoms with Gasteiger partial charge in [0.1, 0.15) is 17.7 Å². The number of halogens is 1. The molecule has 0 bridgehead atoms. The van der Waals surface area contributed by atoms with Crippen LogP contribution in [0.25, 0.3) is 16.9 Å². The molecule has 2 aromatic rings. The summed E-state index contributed by atoms with van der Waals surface area (Å²) in [5.41, 5.74) is 3.92. The quantitative estimate of drug-likeness (QED) is 0.874. The van der Waals surface area contributed by atoms with Crippen LogP contribution in [0, 0.1) is 0 Å². The molecule has 2 N–H and O–H groups in total. The standard InChI is InChI=1S/C18H22FN5O/c1-10(22-11(2)18(25)24-6-5-13(19)9-24)14-7-20-17-16(14)23-15(8-21-17)12-3-4-12/h7-8,11-13,22H,1,3-6,9H2,2H3,(H,20,21)/t11?,13-/m0/s1. The molecule has 4 rings (SSSR count). The molecule has 0 radical (unpaired) electrons. The van der Waals surface area contributed by atoms with Crippen LogP contribution < -0.4 is 5.32 Å². The second-order valence-electron chi connectivity index (χ2n) is 6.98. The van der Waals surface area contributed by atoms with Gasteiger partial charge >= 0.3 is 0 Å². The highest BCUT2D eigenvalue weighted by atomic mass is 19.1. The molecular formula is C18H22FN5O. The van der Waals surface area contributed by atoms with Gasteiger partial charge < -0.3 is 15.2 Å². The Morgan fingerprint density at radius 3 is 2.96 bits per heavy atom. The molecule has 6 nitrogen and oxygen atoms in total. The minimum atomic E-state index is -0.913. The summed E-state index contributed by atoms with van der Waals surface area (Å²) in [7, 11) is 0. The minimum Gasteiger partial charge on any atom is -0.374 e. The third-order valence-electron chi connectivity index (χ3n) is 4.92. The van der Waals surface area contributed by atoms with Crippen molar-refractivity contribution in [3.05, 3.63) is 30.2 Å². The van der Waals surface area contributed by atoms with Crippen molar-refractivity contribution >= 4 is 22.8 Å². The summed E-state index contributed by atoms with van der Waals surface area (Å²) in [6, 6.07) is -0.470. The van der Waals surface area contributed by atoms with Gasteiger partial charge in [-0.1, -0.05) is 6.58 Å². The molecule has 1 aliphatic heterocycles. The number of nitrogens with one attached hydrogen (secondary N) is 2. The summed E-state index contributed by atoms with van der Waals surface area (Å²) in [5.74, 6) is 0.413. The molecule has 0 spiro atoms. The van der Waals surface area contributed by atoms with E-state index in [2.05, 4.69) is 21.9 Å². The Labute approximate surface area is 145 Å². The maximum Gasteiger partial charge on any atom is 0.244 e. The van der Waals surface area contributed by atoms with Gasteiger partial charge in [0.05, 0.1) is 18.4 Å². The van der Waals surface area contributed by atoms with Gasteiger partial charge in [0.15, 0.2) is 5.65 Å². The lowest BCUT2D eigenvalue weighted by Gasteiger charge is -2.22. The normalized spacial score (nSPS) is 21.5. The van der Waals surface area contributed by atoms with E-state index in [-0.39, 0.29) is 12.5 Å². The largest absolute Gasteiger partial charge is 0.374 e. The molecule has 1 saturated carbocycles. The maximum atomic E-state index is 13.3. The van der Waals surface area contributed by atoms with Crippen molar-refractivity contribution in [3.8, 4) is 0 Å². The van der Waals surface area contributed by atoms with Crippen LogP contribution in [0.5, 0.6) is 0 Å². The predicted molar refractivity (Wildman–Crippen MR) is 93.6 cm³/mol. The number of likely N-dealkylation sites (tertiary alicyclic amines) is 1. The molecule has 1 unspecified atom stereocenters. The van der Waals surface area contributed by atoms with Crippen LogP contribution >= 0.6 is 0 Å². The second-order valence-corrected chi connectivity index (χ2v) is 6.98. The highest BCUT2D eigenvalue weighted by Gasteiger charge is 2.29. The number of hydrogen-bond donors (Lipinski definition) is 2. The first-order chi connectivity index (χ1) is 12.0. The molecule has 2 atom stereocenters. The van der Waals surface area contributed by atoms with Crippen LogP contribution in [0.15, 0.2) is 19.0 Å². The van der Waals surface area contributed by atoms with E-state index in [0.717, 1.165) is 29.6 Å². The number of aromatic amines is 1. The third-order valence-corrected chi connectivity index (χ3v) is 4.92. The Kier molecular flexibility index (Phi) is 3.94. The fourth-order valence-corrected chi connectivity index (χ4v) is 3.30. The summed E-state index contributed by atoms with van der Waals surface area (Å²) in [6.07, 6.45) is 5.46. The zero-order chi connectivity index (χ0) is 17.6. The van der Waals surface area contributed by atoms with Crippen molar-refractivity contribution in [1.82, 2.24) is 25.2 Å². The number of nitrogens with zero attached hydrogens (tertiary/aromatic N) is 3. The molecule has 2 aliphatic rings. The highest BCUT2D eigenvalue weighted by Crippen LogP contribution is 2.39. The number of rotatable bonds is 5. The molecule has 0 aromatic carbocycles. The fourth-order valence-electron chi connectivity index (χ4n) is 3.30. The predicted octanol–water partition coefficient (Wildman–Crippen LogP) is 2.35. The van der Waals surface area contributed by atoms with Gasteiger partial charge in [0.2, 0.25) is 5.91 Å². The Bertz CT molecular complexity index is 828. The minimum absolute atomic E-state index is 0.106. The van der Waals surface area contributed by atoms with Gasteiger partial charge in [-0.2, -0.15) is 0 Å². The molecule has 2 fully saturated rings. The summed E-state index contributed by atoms with van der Waals surface area (Å²) >= 11 is 0. The summed E-state index contributed by atoms with van der Waals surface area (Å²) in [5, 5.41) is 3.13. The molecule has 3 heterocycles. The first-order valence-corrected chi connectivity index (χ1v) is 8.75. The number of carbonyl (C=O) groups is 1. The van der Waals surface area contributed by atoms with Crippen LogP contribution in [0.2, 0.25) is 0 Å². The molecule has 2 aromatic heterocycles. The van der Waals surface area contributed by atoms with E-state index in [4.69, 9.17) is 4.98 Å². The first-order valence-electron chi connectivity index (χ1n) is 8.75. The van der Waals surface area contributed by atoms with Crippen LogP contribution in [-0.4, -0.2) is 51.1 Å². The molecular weight excluding hydrogens is 321 g/mol. The van der Waals surface area contributed by atoms with E-state index in [1.807, 2.05) is 6.20 Å². The average molecular weight is 343 g/mol. The van der Waals surface area contributed by atoms with Gasteiger partial charge in [0.25, 0.3) is 0 Å². The average Bonchev–Trinajstić information content (AvgIpc) is 3.22. The van der Waals surface area contributed by atoms with E-state index >= 15 is 0 Å². The number of carbonyl (C=O) groups excluding carboxylic acids is 1. The van der Waals surface area contributed by atoms with Crippen LogP contribution in [0.3, 0.4) is 0 Å². The molecule has 1 aliphatic carbocycles. The molecule has 1 saturated heterocycles. The smallest absolute Gasteiger partial charge is 0.244 e. The zero-order valence-electron chi connectivity index (χ0n) is 14.3. The number of aromatic nitrogens is 3. The molecule has 7 heteroatoms. The molecule has 132 valence electrons. The fraction of sp³-hybridized carbons (Fsp3) is 0.500. The van der Waals surface area contributed by atoms with Crippen molar-refractivity contribution in [2.75, 3.05) is 13.1 Å². The highest BCUT2D eigenvalue weighted by molar-refractivity contribution is 5.89. The maximum absolute atomic E-state index is 13.3. The van der Waals surface area contributed by atoms with E-state index in [1.165, 1.54) is 0 Å². The first kappa shape index (κ1) is 16.1. The van der Waals surface area contributed by atoms with Crippen LogP contribution in [-0.2, 0) is 4.79 Å². The number of alkyl halides is 1. The summed E-state index contributed by atoms with van der Waals surface area (Å²) in [6.45, 7) is 6.49. The van der Waals surface area contributed by atoms with E-state index < -0.39 is 12.2 Å². The summed E-state index contributed by atoms with van der Waals surface area (Å²) in [4.78, 5) is 26.2. The zero-order valence-corrected chi connectivity index (χ0v) is 14.3. The van der Waals surface area contributed by atoms with Crippen molar-refractivity contribution < 1.29 is 9.18 Å². The molecule has 25 heavy (non-hydrogen) atoms.